The van der Waals surface area contributed by atoms with E-state index in [1.165, 1.54) is 0 Å². The van der Waals surface area contributed by atoms with Crippen molar-refractivity contribution in [2.24, 2.45) is 0 Å². The van der Waals surface area contributed by atoms with E-state index in [1.54, 1.807) is 36.0 Å². The first-order valence-electron chi connectivity index (χ1n) is 10.9. The van der Waals surface area contributed by atoms with E-state index in [0.29, 0.717) is 34.5 Å². The van der Waals surface area contributed by atoms with Gasteiger partial charge in [0.1, 0.15) is 22.7 Å². The molecular weight excluding hydrogens is 449 g/mol. The third kappa shape index (κ3) is 3.46. The summed E-state index contributed by atoms with van der Waals surface area (Å²) in [7, 11) is 0. The molecule has 0 unspecified atom stereocenters. The van der Waals surface area contributed by atoms with Gasteiger partial charge in [-0.2, -0.15) is 5.10 Å². The van der Waals surface area contributed by atoms with Crippen LogP contribution in [0.5, 0.6) is 0 Å². The number of nitrogens with one attached hydrogen (secondary N) is 3. The highest BCUT2D eigenvalue weighted by Crippen LogP contribution is 2.35. The molecule has 0 amide bonds. The van der Waals surface area contributed by atoms with Gasteiger partial charge in [0.15, 0.2) is 5.82 Å². The zero-order valence-electron chi connectivity index (χ0n) is 18.3. The molecule has 6 aromatic rings. The summed E-state index contributed by atoms with van der Waals surface area (Å²) in [5.41, 5.74) is 5.56. The smallest absolute Gasteiger partial charge is 0.159 e. The van der Waals surface area contributed by atoms with Gasteiger partial charge in [-0.1, -0.05) is 13.0 Å². The predicted octanol–water partition coefficient (Wildman–Crippen LogP) is 5.54. The molecule has 0 saturated carbocycles. The molecule has 1 aromatic carbocycles. The van der Waals surface area contributed by atoms with Gasteiger partial charge in [0.05, 0.1) is 21.3 Å². The second-order valence-corrected chi connectivity index (χ2v) is 8.85. The molecule has 0 bridgehead atoms. The number of H-pyrrole nitrogens is 2. The van der Waals surface area contributed by atoms with Crippen LogP contribution in [0.15, 0.2) is 60.4 Å². The van der Waals surface area contributed by atoms with Gasteiger partial charge < -0.3 is 10.3 Å². The fraction of sp³-hybridized carbons (Fsp3) is 0.120. The molecule has 0 atom stereocenters. The lowest BCUT2D eigenvalue weighted by molar-refractivity contribution is 0.643. The van der Waals surface area contributed by atoms with Gasteiger partial charge in [-0.15, -0.1) is 11.3 Å². The molecule has 5 heterocycles. The molecule has 0 aliphatic carbocycles. The maximum Gasteiger partial charge on any atom is 0.159 e. The summed E-state index contributed by atoms with van der Waals surface area (Å²) in [6.45, 7) is 3.57. The summed E-state index contributed by atoms with van der Waals surface area (Å²) in [5.74, 6) is 0.128. The van der Waals surface area contributed by atoms with E-state index >= 15 is 4.39 Å². The Hall–Kier alpha value is -3.95. The zero-order chi connectivity index (χ0) is 23.1. The molecule has 0 radical (unpaired) electrons. The first-order valence-corrected chi connectivity index (χ1v) is 11.8. The Morgan fingerprint density at radius 3 is 2.88 bits per heavy atom. The Bertz CT molecular complexity index is 1620. The van der Waals surface area contributed by atoms with Crippen molar-refractivity contribution in [2.45, 2.75) is 13.5 Å². The first kappa shape index (κ1) is 20.6. The van der Waals surface area contributed by atoms with Crippen LogP contribution in [-0.4, -0.2) is 36.7 Å². The largest absolute Gasteiger partial charge is 0.336 e. The summed E-state index contributed by atoms with van der Waals surface area (Å²) in [6.07, 6.45) is 5.22. The number of aromatic nitrogens is 6. The number of halogens is 1. The van der Waals surface area contributed by atoms with Gasteiger partial charge in [-0.3, -0.25) is 15.1 Å². The van der Waals surface area contributed by atoms with Crippen LogP contribution >= 0.6 is 11.3 Å². The van der Waals surface area contributed by atoms with Gasteiger partial charge in [-0.25, -0.2) is 9.37 Å². The maximum atomic E-state index is 15.9. The second-order valence-electron chi connectivity index (χ2n) is 7.90. The number of rotatable bonds is 6. The predicted molar refractivity (Wildman–Crippen MR) is 133 cm³/mol. The van der Waals surface area contributed by atoms with Crippen molar-refractivity contribution in [2.75, 3.05) is 6.54 Å². The molecule has 34 heavy (non-hydrogen) atoms. The number of hydrogen-bond donors (Lipinski definition) is 3. The van der Waals surface area contributed by atoms with Gasteiger partial charge >= 0.3 is 0 Å². The Labute approximate surface area is 198 Å². The standard InChI is InChI=1S/C25H20FN7S/c1-2-27-11-14-10-15(13-28-12-14)16-5-6-17-20(21(16)26)24(33-32-17)25-30-18-7-8-29-23(22(18)31-25)19-4-3-9-34-19/h3-10,12-13,27H,2,11H2,1H3,(H,30,31)(H,32,33). The number of aromatic amines is 2. The van der Waals surface area contributed by atoms with Crippen molar-refractivity contribution >= 4 is 33.3 Å². The lowest BCUT2D eigenvalue weighted by Gasteiger charge is -2.07. The minimum absolute atomic E-state index is 0.360. The van der Waals surface area contributed by atoms with Crippen LogP contribution in [0.2, 0.25) is 0 Å². The van der Waals surface area contributed by atoms with Gasteiger partial charge in [0, 0.05) is 36.3 Å². The topological polar surface area (TPSA) is 95.2 Å². The third-order valence-corrected chi connectivity index (χ3v) is 6.61. The molecule has 168 valence electrons. The first-order chi connectivity index (χ1) is 16.7. The fourth-order valence-electron chi connectivity index (χ4n) is 4.11. The number of hydrogen-bond acceptors (Lipinski definition) is 6. The number of nitrogens with zero attached hydrogens (tertiary/aromatic N) is 4. The molecule has 0 saturated heterocycles. The third-order valence-electron chi connectivity index (χ3n) is 5.73. The van der Waals surface area contributed by atoms with Gasteiger partial charge in [0.25, 0.3) is 0 Å². The van der Waals surface area contributed by atoms with Crippen LogP contribution in [0, 0.1) is 5.82 Å². The second kappa shape index (κ2) is 8.44. The molecule has 0 aliphatic heterocycles. The fourth-order valence-corrected chi connectivity index (χ4v) is 4.83. The number of imidazole rings is 1. The Morgan fingerprint density at radius 1 is 1.09 bits per heavy atom. The highest BCUT2D eigenvalue weighted by Gasteiger charge is 2.20. The van der Waals surface area contributed by atoms with E-state index in [9.17, 15) is 0 Å². The Morgan fingerprint density at radius 2 is 2.03 bits per heavy atom. The number of fused-ring (bicyclic) bond motifs is 2. The van der Waals surface area contributed by atoms with Crippen molar-refractivity contribution in [3.05, 3.63) is 71.7 Å². The average Bonchev–Trinajstić information content (AvgIpc) is 3.62. The highest BCUT2D eigenvalue weighted by molar-refractivity contribution is 7.13. The van der Waals surface area contributed by atoms with E-state index in [4.69, 9.17) is 4.98 Å². The molecule has 3 N–H and O–H groups in total. The Balaban J connectivity index is 1.48. The molecule has 9 heteroatoms. The zero-order valence-corrected chi connectivity index (χ0v) is 19.1. The van der Waals surface area contributed by atoms with Gasteiger partial charge in [-0.05, 0) is 47.8 Å². The van der Waals surface area contributed by atoms with Crippen molar-refractivity contribution in [3.8, 4) is 33.2 Å². The van der Waals surface area contributed by atoms with Crippen LogP contribution in [0.3, 0.4) is 0 Å². The van der Waals surface area contributed by atoms with Crippen molar-refractivity contribution in [1.82, 2.24) is 35.5 Å². The average molecular weight is 470 g/mol. The summed E-state index contributed by atoms with van der Waals surface area (Å²) >= 11 is 1.60. The van der Waals surface area contributed by atoms with Crippen molar-refractivity contribution < 1.29 is 4.39 Å². The van der Waals surface area contributed by atoms with E-state index in [0.717, 1.165) is 39.3 Å². The molecule has 0 aliphatic rings. The Kier molecular flexibility index (Phi) is 5.12. The monoisotopic (exact) mass is 469 g/mol. The maximum absolute atomic E-state index is 15.9. The molecule has 5 aromatic heterocycles. The number of benzene rings is 1. The van der Waals surface area contributed by atoms with E-state index < -0.39 is 0 Å². The van der Waals surface area contributed by atoms with E-state index in [1.807, 2.05) is 42.6 Å². The van der Waals surface area contributed by atoms with Crippen LogP contribution in [0.25, 0.3) is 55.2 Å². The molecule has 6 rings (SSSR count). The van der Waals surface area contributed by atoms with Gasteiger partial charge in [0.2, 0.25) is 0 Å². The molecule has 0 spiro atoms. The van der Waals surface area contributed by atoms with Crippen molar-refractivity contribution in [3.63, 3.8) is 0 Å². The lowest BCUT2D eigenvalue weighted by Crippen LogP contribution is -2.11. The highest BCUT2D eigenvalue weighted by atomic mass is 32.1. The molecule has 0 fully saturated rings. The lowest BCUT2D eigenvalue weighted by atomic mass is 10.0. The minimum Gasteiger partial charge on any atom is -0.336 e. The SMILES string of the molecule is CCNCc1cncc(-c2ccc3[nH]nc(-c4nc5c(-c6cccs6)nccc5[nH]4)c3c2F)c1. The molecular formula is C25H20FN7S. The summed E-state index contributed by atoms with van der Waals surface area (Å²) in [4.78, 5) is 17.9. The van der Waals surface area contributed by atoms with Crippen LogP contribution in [-0.2, 0) is 6.54 Å². The van der Waals surface area contributed by atoms with E-state index in [-0.39, 0.29) is 5.82 Å². The summed E-state index contributed by atoms with van der Waals surface area (Å²) in [5, 5.41) is 13.0. The number of thiophene rings is 1. The molecule has 7 nitrogen and oxygen atoms in total. The van der Waals surface area contributed by atoms with Crippen molar-refractivity contribution in [1.29, 1.82) is 0 Å². The summed E-state index contributed by atoms with van der Waals surface area (Å²) in [6, 6.07) is 11.4. The van der Waals surface area contributed by atoms with Crippen LogP contribution in [0.4, 0.5) is 4.39 Å². The minimum atomic E-state index is -0.360. The quantitative estimate of drug-likeness (QED) is 0.298. The summed E-state index contributed by atoms with van der Waals surface area (Å²) < 4.78 is 15.9. The van der Waals surface area contributed by atoms with Crippen LogP contribution in [0.1, 0.15) is 12.5 Å². The normalized spacial score (nSPS) is 11.6. The van der Waals surface area contributed by atoms with Crippen LogP contribution < -0.4 is 5.32 Å². The van der Waals surface area contributed by atoms with E-state index in [2.05, 4.69) is 30.5 Å². The number of pyridine rings is 2.